The first-order valence-electron chi connectivity index (χ1n) is 7.71. The van der Waals surface area contributed by atoms with Crippen molar-refractivity contribution in [3.63, 3.8) is 0 Å². The van der Waals surface area contributed by atoms with Crippen LogP contribution in [0.4, 0.5) is 0 Å². The minimum atomic E-state index is -0.144. The topological polar surface area (TPSA) is 79.9 Å². The van der Waals surface area contributed by atoms with E-state index in [4.69, 9.17) is 9.72 Å². The normalized spacial score (nSPS) is 11.4. The zero-order valence-corrected chi connectivity index (χ0v) is 13.2. The van der Waals surface area contributed by atoms with Gasteiger partial charge in [0.2, 0.25) is 0 Å². The van der Waals surface area contributed by atoms with Crippen LogP contribution in [-0.4, -0.2) is 41.1 Å². The van der Waals surface area contributed by atoms with Crippen LogP contribution in [0.2, 0.25) is 0 Å². The Labute approximate surface area is 137 Å². The Bertz CT molecular complexity index is 1050. The average molecular weight is 320 g/mol. The average Bonchev–Trinajstić information content (AvgIpc) is 2.97. The number of carbonyl (C=O) groups is 1. The van der Waals surface area contributed by atoms with Crippen molar-refractivity contribution in [2.75, 3.05) is 20.3 Å². The summed E-state index contributed by atoms with van der Waals surface area (Å²) < 4.78 is 4.94. The predicted octanol–water partition coefficient (Wildman–Crippen LogP) is 2.64. The SMILES string of the molecule is COCCNC(=O)c1ccc2nc3[nH]c4ccccc4c3nc2c1. The molecule has 0 saturated heterocycles. The molecule has 24 heavy (non-hydrogen) atoms. The van der Waals surface area contributed by atoms with Crippen LogP contribution in [-0.2, 0) is 4.74 Å². The van der Waals surface area contributed by atoms with Crippen molar-refractivity contribution < 1.29 is 9.53 Å². The second-order valence-electron chi connectivity index (χ2n) is 5.54. The molecule has 0 unspecified atom stereocenters. The van der Waals surface area contributed by atoms with Crippen LogP contribution in [0.15, 0.2) is 42.5 Å². The van der Waals surface area contributed by atoms with E-state index in [1.165, 1.54) is 0 Å². The van der Waals surface area contributed by atoms with Gasteiger partial charge in [0.25, 0.3) is 5.91 Å². The Hall–Kier alpha value is -2.99. The highest BCUT2D eigenvalue weighted by Gasteiger charge is 2.11. The number of amides is 1. The van der Waals surface area contributed by atoms with Crippen molar-refractivity contribution in [1.29, 1.82) is 0 Å². The number of ether oxygens (including phenoxy) is 1. The van der Waals surface area contributed by atoms with Crippen molar-refractivity contribution in [2.24, 2.45) is 0 Å². The van der Waals surface area contributed by atoms with Gasteiger partial charge >= 0.3 is 0 Å². The minimum absolute atomic E-state index is 0.144. The van der Waals surface area contributed by atoms with Gasteiger partial charge in [-0.1, -0.05) is 18.2 Å². The molecule has 0 atom stereocenters. The number of rotatable bonds is 4. The first-order valence-corrected chi connectivity index (χ1v) is 7.71. The number of carbonyl (C=O) groups excluding carboxylic acids is 1. The molecule has 6 nitrogen and oxygen atoms in total. The summed E-state index contributed by atoms with van der Waals surface area (Å²) in [4.78, 5) is 24.8. The Kier molecular flexibility index (Phi) is 3.59. The summed E-state index contributed by atoms with van der Waals surface area (Å²) in [6.45, 7) is 0.954. The fraction of sp³-hybridized carbons (Fsp3) is 0.167. The predicted molar refractivity (Wildman–Crippen MR) is 93.1 cm³/mol. The lowest BCUT2D eigenvalue weighted by atomic mass is 10.1. The van der Waals surface area contributed by atoms with E-state index in [9.17, 15) is 4.79 Å². The maximum absolute atomic E-state index is 12.2. The van der Waals surface area contributed by atoms with E-state index in [1.807, 2.05) is 30.3 Å². The van der Waals surface area contributed by atoms with E-state index >= 15 is 0 Å². The van der Waals surface area contributed by atoms with Crippen LogP contribution in [0, 0.1) is 0 Å². The lowest BCUT2D eigenvalue weighted by Crippen LogP contribution is -2.26. The molecular weight excluding hydrogens is 304 g/mol. The van der Waals surface area contributed by atoms with Crippen LogP contribution < -0.4 is 5.32 Å². The first kappa shape index (κ1) is 14.6. The van der Waals surface area contributed by atoms with Gasteiger partial charge in [0.15, 0.2) is 5.65 Å². The molecule has 2 N–H and O–H groups in total. The summed E-state index contributed by atoms with van der Waals surface area (Å²) in [6, 6.07) is 13.3. The fourth-order valence-corrected chi connectivity index (χ4v) is 2.77. The van der Waals surface area contributed by atoms with Crippen molar-refractivity contribution in [1.82, 2.24) is 20.3 Å². The first-order chi connectivity index (χ1) is 11.8. The molecule has 0 radical (unpaired) electrons. The third-order valence-electron chi connectivity index (χ3n) is 3.95. The highest BCUT2D eigenvalue weighted by molar-refractivity contribution is 6.06. The Balaban J connectivity index is 1.79. The molecule has 0 aliphatic rings. The smallest absolute Gasteiger partial charge is 0.251 e. The molecule has 1 amide bonds. The maximum atomic E-state index is 12.2. The monoisotopic (exact) mass is 320 g/mol. The molecule has 2 aromatic carbocycles. The number of H-pyrrole nitrogens is 1. The number of benzene rings is 2. The van der Waals surface area contributed by atoms with E-state index in [0.29, 0.717) is 24.2 Å². The van der Waals surface area contributed by atoms with Gasteiger partial charge in [-0.15, -0.1) is 0 Å². The summed E-state index contributed by atoms with van der Waals surface area (Å²) in [5, 5.41) is 3.83. The van der Waals surface area contributed by atoms with Crippen molar-refractivity contribution in [3.05, 3.63) is 48.0 Å². The van der Waals surface area contributed by atoms with Gasteiger partial charge in [0.05, 0.1) is 17.6 Å². The molecule has 120 valence electrons. The van der Waals surface area contributed by atoms with Crippen LogP contribution in [0.25, 0.3) is 33.1 Å². The number of hydrogen-bond donors (Lipinski definition) is 2. The van der Waals surface area contributed by atoms with E-state index in [2.05, 4.69) is 15.3 Å². The number of aromatic nitrogens is 3. The van der Waals surface area contributed by atoms with Crippen LogP contribution in [0.1, 0.15) is 10.4 Å². The summed E-state index contributed by atoms with van der Waals surface area (Å²) in [5.41, 5.74) is 4.58. The molecule has 0 fully saturated rings. The second kappa shape index (κ2) is 5.90. The Morgan fingerprint density at radius 1 is 1.17 bits per heavy atom. The second-order valence-corrected chi connectivity index (χ2v) is 5.54. The van der Waals surface area contributed by atoms with Gasteiger partial charge in [-0.05, 0) is 24.3 Å². The fourth-order valence-electron chi connectivity index (χ4n) is 2.77. The Morgan fingerprint density at radius 3 is 2.92 bits per heavy atom. The van der Waals surface area contributed by atoms with Gasteiger partial charge in [0, 0.05) is 30.1 Å². The molecule has 2 heterocycles. The van der Waals surface area contributed by atoms with Crippen molar-refractivity contribution in [3.8, 4) is 0 Å². The quantitative estimate of drug-likeness (QED) is 0.567. The van der Waals surface area contributed by atoms with E-state index in [1.54, 1.807) is 19.2 Å². The summed E-state index contributed by atoms with van der Waals surface area (Å²) in [5.74, 6) is -0.144. The zero-order valence-electron chi connectivity index (χ0n) is 13.2. The number of para-hydroxylation sites is 1. The number of nitrogens with zero attached hydrogens (tertiary/aromatic N) is 2. The van der Waals surface area contributed by atoms with Crippen molar-refractivity contribution >= 4 is 39.0 Å². The lowest BCUT2D eigenvalue weighted by Gasteiger charge is -2.05. The number of nitrogens with one attached hydrogen (secondary N) is 2. The van der Waals surface area contributed by atoms with E-state index < -0.39 is 0 Å². The third-order valence-corrected chi connectivity index (χ3v) is 3.95. The summed E-state index contributed by atoms with van der Waals surface area (Å²) >= 11 is 0. The molecule has 2 aromatic heterocycles. The highest BCUT2D eigenvalue weighted by Crippen LogP contribution is 2.24. The van der Waals surface area contributed by atoms with Crippen molar-refractivity contribution in [2.45, 2.75) is 0 Å². The van der Waals surface area contributed by atoms with Crippen LogP contribution >= 0.6 is 0 Å². The molecule has 0 saturated carbocycles. The number of hydrogen-bond acceptors (Lipinski definition) is 4. The molecule has 6 heteroatoms. The van der Waals surface area contributed by atoms with E-state index in [0.717, 1.165) is 27.6 Å². The summed E-state index contributed by atoms with van der Waals surface area (Å²) in [7, 11) is 1.60. The van der Waals surface area contributed by atoms with Gasteiger partial charge in [-0.25, -0.2) is 9.97 Å². The number of methoxy groups -OCH3 is 1. The van der Waals surface area contributed by atoms with Gasteiger partial charge in [-0.3, -0.25) is 4.79 Å². The van der Waals surface area contributed by atoms with Crippen LogP contribution in [0.3, 0.4) is 0 Å². The molecule has 4 rings (SSSR count). The lowest BCUT2D eigenvalue weighted by molar-refractivity contribution is 0.0937. The summed E-state index contributed by atoms with van der Waals surface area (Å²) in [6.07, 6.45) is 0. The number of aromatic amines is 1. The largest absolute Gasteiger partial charge is 0.383 e. The molecule has 0 bridgehead atoms. The number of fused-ring (bicyclic) bond motifs is 4. The van der Waals surface area contributed by atoms with Gasteiger partial charge < -0.3 is 15.0 Å². The molecule has 0 spiro atoms. The zero-order chi connectivity index (χ0) is 16.5. The molecular formula is C18H16N4O2. The molecule has 0 aliphatic carbocycles. The highest BCUT2D eigenvalue weighted by atomic mass is 16.5. The van der Waals surface area contributed by atoms with Gasteiger partial charge in [-0.2, -0.15) is 0 Å². The Morgan fingerprint density at radius 2 is 2.04 bits per heavy atom. The minimum Gasteiger partial charge on any atom is -0.383 e. The van der Waals surface area contributed by atoms with E-state index in [-0.39, 0.29) is 5.91 Å². The third kappa shape index (κ3) is 2.47. The maximum Gasteiger partial charge on any atom is 0.251 e. The molecule has 4 aromatic rings. The van der Waals surface area contributed by atoms with Crippen LogP contribution in [0.5, 0.6) is 0 Å². The van der Waals surface area contributed by atoms with Gasteiger partial charge in [0.1, 0.15) is 5.52 Å². The molecule has 0 aliphatic heterocycles. The standard InChI is InChI=1S/C18H16N4O2/c1-24-9-8-19-18(23)11-6-7-14-15(10-11)20-16-12-4-2-3-5-13(12)21-17(16)22-14/h2-7,10H,8-9H2,1H3,(H,19,23)(H,21,22).